The van der Waals surface area contributed by atoms with Crippen molar-refractivity contribution in [3.63, 3.8) is 0 Å². The van der Waals surface area contributed by atoms with Crippen LogP contribution in [0.2, 0.25) is 0 Å². The predicted molar refractivity (Wildman–Crippen MR) is 120 cm³/mol. The number of hydrogen-bond acceptors (Lipinski definition) is 6. The number of fused-ring (bicyclic) bond motifs is 6. The SMILES string of the molecule is COCCCOc1cc2c(cc1OC)-c1cc(=O)c(C(=O)O)cn1N1CC(C)(C)CCC21. The zero-order valence-corrected chi connectivity index (χ0v) is 19.0. The predicted octanol–water partition coefficient (Wildman–Crippen LogP) is 3.45. The summed E-state index contributed by atoms with van der Waals surface area (Å²) in [5.41, 5.74) is 1.90. The topological polar surface area (TPSA) is 90.2 Å². The van der Waals surface area contributed by atoms with E-state index in [2.05, 4.69) is 18.9 Å². The van der Waals surface area contributed by atoms with E-state index in [1.807, 2.05) is 16.8 Å². The number of nitrogens with zero attached hydrogens (tertiary/aromatic N) is 2. The molecule has 0 radical (unpaired) electrons. The summed E-state index contributed by atoms with van der Waals surface area (Å²) in [6.45, 7) is 6.26. The van der Waals surface area contributed by atoms with Crippen molar-refractivity contribution in [2.75, 3.05) is 39.0 Å². The van der Waals surface area contributed by atoms with Gasteiger partial charge in [-0.1, -0.05) is 13.8 Å². The maximum atomic E-state index is 12.6. The van der Waals surface area contributed by atoms with E-state index in [0.717, 1.165) is 36.9 Å². The van der Waals surface area contributed by atoms with Crippen LogP contribution in [-0.2, 0) is 4.74 Å². The quantitative estimate of drug-likeness (QED) is 0.657. The Morgan fingerprint density at radius 2 is 1.97 bits per heavy atom. The van der Waals surface area contributed by atoms with E-state index in [9.17, 15) is 14.7 Å². The van der Waals surface area contributed by atoms with Gasteiger partial charge in [0.1, 0.15) is 5.56 Å². The summed E-state index contributed by atoms with van der Waals surface area (Å²) < 4.78 is 18.5. The Balaban J connectivity index is 1.86. The largest absolute Gasteiger partial charge is 0.493 e. The molecule has 0 saturated carbocycles. The Kier molecular flexibility index (Phi) is 5.90. The molecule has 0 aliphatic carbocycles. The number of pyridine rings is 1. The molecule has 1 aromatic heterocycles. The van der Waals surface area contributed by atoms with Gasteiger partial charge in [0.25, 0.3) is 0 Å². The first-order valence-electron chi connectivity index (χ1n) is 10.9. The van der Waals surface area contributed by atoms with Crippen LogP contribution in [0, 0.1) is 5.41 Å². The van der Waals surface area contributed by atoms with Crippen molar-refractivity contribution in [2.45, 2.75) is 39.2 Å². The Morgan fingerprint density at radius 3 is 2.66 bits per heavy atom. The fourth-order valence-corrected chi connectivity index (χ4v) is 4.68. The number of hydrogen-bond donors (Lipinski definition) is 1. The second-order valence-corrected chi connectivity index (χ2v) is 9.19. The molecule has 1 saturated heterocycles. The van der Waals surface area contributed by atoms with Crippen molar-refractivity contribution in [2.24, 2.45) is 5.41 Å². The van der Waals surface area contributed by atoms with Crippen molar-refractivity contribution in [1.82, 2.24) is 4.68 Å². The molecule has 2 aliphatic rings. The molecule has 1 fully saturated rings. The van der Waals surface area contributed by atoms with Gasteiger partial charge in [0.05, 0.1) is 25.5 Å². The zero-order valence-electron chi connectivity index (χ0n) is 19.0. The molecule has 0 spiro atoms. The lowest BCUT2D eigenvalue weighted by Gasteiger charge is -2.49. The van der Waals surface area contributed by atoms with Crippen LogP contribution in [0.25, 0.3) is 11.3 Å². The number of benzene rings is 1. The molecule has 4 rings (SSSR count). The van der Waals surface area contributed by atoms with E-state index in [1.54, 1.807) is 14.2 Å². The van der Waals surface area contributed by atoms with Crippen LogP contribution in [0.1, 0.15) is 55.1 Å². The van der Waals surface area contributed by atoms with Crippen LogP contribution in [0.3, 0.4) is 0 Å². The molecule has 172 valence electrons. The van der Waals surface area contributed by atoms with E-state index >= 15 is 0 Å². The zero-order chi connectivity index (χ0) is 23.0. The lowest BCUT2D eigenvalue weighted by Crippen LogP contribution is -2.51. The fraction of sp³-hybridized carbons (Fsp3) is 0.500. The highest BCUT2D eigenvalue weighted by Gasteiger charge is 2.40. The third-order valence-corrected chi connectivity index (χ3v) is 6.30. The minimum atomic E-state index is -1.22. The lowest BCUT2D eigenvalue weighted by atomic mass is 9.78. The van der Waals surface area contributed by atoms with E-state index in [1.165, 1.54) is 12.3 Å². The van der Waals surface area contributed by atoms with Gasteiger partial charge >= 0.3 is 5.97 Å². The maximum Gasteiger partial charge on any atom is 0.341 e. The second-order valence-electron chi connectivity index (χ2n) is 9.19. The van der Waals surface area contributed by atoms with Gasteiger partial charge in [-0.2, -0.15) is 0 Å². The Hall–Kier alpha value is -3.00. The average molecular weight is 443 g/mol. The third-order valence-electron chi connectivity index (χ3n) is 6.30. The first kappa shape index (κ1) is 22.2. The number of rotatable bonds is 7. The Morgan fingerprint density at radius 1 is 1.19 bits per heavy atom. The van der Waals surface area contributed by atoms with Gasteiger partial charge in [0.2, 0.25) is 0 Å². The molecule has 8 heteroatoms. The molecular formula is C24H30N2O6. The van der Waals surface area contributed by atoms with Gasteiger partial charge in [0.15, 0.2) is 16.9 Å². The van der Waals surface area contributed by atoms with Gasteiger partial charge in [0, 0.05) is 44.5 Å². The summed E-state index contributed by atoms with van der Waals surface area (Å²) in [6.07, 6.45) is 4.16. The van der Waals surface area contributed by atoms with Crippen LogP contribution in [0.5, 0.6) is 11.5 Å². The van der Waals surface area contributed by atoms with Crippen molar-refractivity contribution >= 4 is 5.97 Å². The van der Waals surface area contributed by atoms with Crippen LogP contribution in [0.15, 0.2) is 29.2 Å². The first-order valence-corrected chi connectivity index (χ1v) is 10.9. The Labute approximate surface area is 187 Å². The summed E-state index contributed by atoms with van der Waals surface area (Å²) in [5, 5.41) is 11.7. The third kappa shape index (κ3) is 3.95. The average Bonchev–Trinajstić information content (AvgIpc) is 2.75. The summed E-state index contributed by atoms with van der Waals surface area (Å²) in [6, 6.07) is 5.36. The van der Waals surface area contributed by atoms with E-state index in [0.29, 0.717) is 30.4 Å². The van der Waals surface area contributed by atoms with E-state index < -0.39 is 11.4 Å². The van der Waals surface area contributed by atoms with Gasteiger partial charge in [-0.15, -0.1) is 0 Å². The van der Waals surface area contributed by atoms with Crippen LogP contribution >= 0.6 is 0 Å². The smallest absolute Gasteiger partial charge is 0.341 e. The highest BCUT2D eigenvalue weighted by molar-refractivity contribution is 5.88. The molecule has 0 amide bonds. The number of carboxylic acid groups (broad SMARTS) is 1. The minimum absolute atomic E-state index is 0.0434. The molecule has 1 unspecified atom stereocenters. The number of carbonyl (C=O) groups is 1. The highest BCUT2D eigenvalue weighted by Crippen LogP contribution is 2.48. The number of aromatic nitrogens is 1. The van der Waals surface area contributed by atoms with E-state index in [-0.39, 0.29) is 17.0 Å². The number of ether oxygens (including phenoxy) is 3. The highest BCUT2D eigenvalue weighted by atomic mass is 16.5. The Bertz CT molecular complexity index is 1090. The second kappa shape index (κ2) is 8.50. The van der Waals surface area contributed by atoms with Crippen molar-refractivity contribution in [3.05, 3.63) is 45.7 Å². The monoisotopic (exact) mass is 442 g/mol. The number of methoxy groups -OCH3 is 2. The van der Waals surface area contributed by atoms with Crippen LogP contribution < -0.4 is 19.9 Å². The standard InChI is InChI=1S/C24H30N2O6/c1-24(2)7-6-18-15-11-22(32-9-5-8-30-3)21(31-4)10-16(15)19-12-20(27)17(23(28)29)13-25(19)26(18)14-24/h10-13,18H,5-9,14H2,1-4H3,(H,28,29). The minimum Gasteiger partial charge on any atom is -0.493 e. The summed E-state index contributed by atoms with van der Waals surface area (Å²) >= 11 is 0. The summed E-state index contributed by atoms with van der Waals surface area (Å²) in [5.74, 6) is 0.0125. The molecule has 3 heterocycles. The van der Waals surface area contributed by atoms with Gasteiger partial charge in [-0.25, -0.2) is 4.79 Å². The van der Waals surface area contributed by atoms with E-state index in [4.69, 9.17) is 14.2 Å². The molecule has 2 aliphatic heterocycles. The fourth-order valence-electron chi connectivity index (χ4n) is 4.68. The normalized spacial score (nSPS) is 18.4. The van der Waals surface area contributed by atoms with Crippen molar-refractivity contribution in [1.29, 1.82) is 0 Å². The van der Waals surface area contributed by atoms with Crippen LogP contribution in [-0.4, -0.2) is 49.7 Å². The van der Waals surface area contributed by atoms with Gasteiger partial charge in [-0.3, -0.25) is 9.47 Å². The number of piperidine rings is 1. The molecule has 1 aromatic carbocycles. The molecule has 1 atom stereocenters. The first-order chi connectivity index (χ1) is 15.3. The van der Waals surface area contributed by atoms with Crippen molar-refractivity contribution < 1.29 is 24.1 Å². The molecule has 32 heavy (non-hydrogen) atoms. The van der Waals surface area contributed by atoms with Gasteiger partial charge < -0.3 is 24.3 Å². The summed E-state index contributed by atoms with van der Waals surface area (Å²) in [7, 11) is 3.25. The lowest BCUT2D eigenvalue weighted by molar-refractivity contribution is 0.0694. The molecular weight excluding hydrogens is 412 g/mol. The maximum absolute atomic E-state index is 12.6. The molecule has 0 bridgehead atoms. The van der Waals surface area contributed by atoms with Gasteiger partial charge in [-0.05, 0) is 36.0 Å². The molecule has 2 aromatic rings. The summed E-state index contributed by atoms with van der Waals surface area (Å²) in [4.78, 5) is 24.2. The molecule has 8 nitrogen and oxygen atoms in total. The molecule has 1 N–H and O–H groups in total. The van der Waals surface area contributed by atoms with Crippen LogP contribution in [0.4, 0.5) is 0 Å². The number of carboxylic acids is 1. The number of aromatic carboxylic acids is 1. The van der Waals surface area contributed by atoms with Crippen molar-refractivity contribution in [3.8, 4) is 22.8 Å².